The van der Waals surface area contributed by atoms with Gasteiger partial charge in [-0.1, -0.05) is 24.9 Å². The van der Waals surface area contributed by atoms with Crippen LogP contribution in [0, 0.1) is 11.7 Å². The average molecular weight is 400 g/mol. The van der Waals surface area contributed by atoms with E-state index in [9.17, 15) is 9.18 Å². The number of hydrogen-bond donors (Lipinski definition) is 0. The number of carbonyl (C=O) groups is 1. The lowest BCUT2D eigenvalue weighted by molar-refractivity contribution is -0.135. The topological polar surface area (TPSA) is 62.5 Å². The van der Waals surface area contributed by atoms with E-state index in [0.717, 1.165) is 45.3 Å². The molecule has 2 aromatic rings. The molecule has 1 amide bonds. The molecule has 0 radical (unpaired) electrons. The summed E-state index contributed by atoms with van der Waals surface area (Å²) < 4.78 is 20.1. The molecule has 0 N–H and O–H groups in total. The van der Waals surface area contributed by atoms with Crippen LogP contribution in [0.15, 0.2) is 22.7 Å². The maximum Gasteiger partial charge on any atom is 0.258 e. The summed E-state index contributed by atoms with van der Waals surface area (Å²) in [6, 6.07) is 5.02. The van der Waals surface area contributed by atoms with Gasteiger partial charge in [-0.3, -0.25) is 4.79 Å². The summed E-state index contributed by atoms with van der Waals surface area (Å²) in [5.74, 6) is 0.813. The molecular formula is C22H29FN4O2. The number of hydrogen-bond acceptors (Lipinski definition) is 5. The Morgan fingerprint density at radius 1 is 1.17 bits per heavy atom. The van der Waals surface area contributed by atoms with Crippen LogP contribution in [0.5, 0.6) is 0 Å². The summed E-state index contributed by atoms with van der Waals surface area (Å²) >= 11 is 0. The Bertz CT molecular complexity index is 845. The van der Waals surface area contributed by atoms with Crippen molar-refractivity contribution in [3.8, 4) is 11.5 Å². The van der Waals surface area contributed by atoms with Gasteiger partial charge >= 0.3 is 0 Å². The molecule has 0 bridgehead atoms. The predicted octanol–water partition coefficient (Wildman–Crippen LogP) is 4.06. The second kappa shape index (κ2) is 8.93. The second-order valence-corrected chi connectivity index (χ2v) is 8.06. The molecule has 6 nitrogen and oxygen atoms in total. The minimum Gasteiger partial charge on any atom is -0.368 e. The minimum atomic E-state index is -0.318. The highest BCUT2D eigenvalue weighted by Gasteiger charge is 2.30. The van der Waals surface area contributed by atoms with E-state index in [1.165, 1.54) is 18.9 Å². The predicted molar refractivity (Wildman–Crippen MR) is 109 cm³/mol. The van der Waals surface area contributed by atoms with E-state index < -0.39 is 0 Å². The first-order valence-corrected chi connectivity index (χ1v) is 10.8. The largest absolute Gasteiger partial charge is 0.368 e. The minimum absolute atomic E-state index is 0.0519. The first-order valence-electron chi connectivity index (χ1n) is 10.8. The van der Waals surface area contributed by atoms with Crippen molar-refractivity contribution in [1.29, 1.82) is 0 Å². The zero-order chi connectivity index (χ0) is 20.2. The number of aromatic nitrogens is 2. The Kier molecular flexibility index (Phi) is 6.11. The third kappa shape index (κ3) is 4.43. The number of benzene rings is 1. The molecule has 2 aliphatic heterocycles. The number of aryl methyl sites for hydroxylation is 1. The first kappa shape index (κ1) is 19.9. The van der Waals surface area contributed by atoms with Crippen LogP contribution >= 0.6 is 0 Å². The van der Waals surface area contributed by atoms with Gasteiger partial charge < -0.3 is 14.3 Å². The highest BCUT2D eigenvalue weighted by atomic mass is 19.1. The van der Waals surface area contributed by atoms with Crippen molar-refractivity contribution in [3.05, 3.63) is 29.8 Å². The fourth-order valence-corrected chi connectivity index (χ4v) is 4.36. The van der Waals surface area contributed by atoms with Crippen molar-refractivity contribution < 1.29 is 13.7 Å². The molecule has 2 fully saturated rings. The Morgan fingerprint density at radius 3 is 2.66 bits per heavy atom. The number of piperidine rings is 1. The molecule has 1 atom stereocenters. The smallest absolute Gasteiger partial charge is 0.258 e. The summed E-state index contributed by atoms with van der Waals surface area (Å²) in [6.45, 7) is 5.01. The fourth-order valence-electron chi connectivity index (χ4n) is 4.36. The van der Waals surface area contributed by atoms with E-state index in [4.69, 9.17) is 4.52 Å². The molecule has 29 heavy (non-hydrogen) atoms. The molecule has 1 aromatic carbocycles. The van der Waals surface area contributed by atoms with Crippen molar-refractivity contribution in [2.45, 2.75) is 51.9 Å². The van der Waals surface area contributed by atoms with Crippen LogP contribution in [0.3, 0.4) is 0 Å². The molecular weight excluding hydrogens is 371 g/mol. The summed E-state index contributed by atoms with van der Waals surface area (Å²) in [4.78, 5) is 21.3. The van der Waals surface area contributed by atoms with Gasteiger partial charge in [0.1, 0.15) is 5.82 Å². The highest BCUT2D eigenvalue weighted by Crippen LogP contribution is 2.30. The van der Waals surface area contributed by atoms with Gasteiger partial charge in [-0.05, 0) is 43.9 Å². The maximum atomic E-state index is 14.9. The van der Waals surface area contributed by atoms with E-state index in [0.29, 0.717) is 35.9 Å². The lowest BCUT2D eigenvalue weighted by atomic mass is 9.95. The van der Waals surface area contributed by atoms with E-state index >= 15 is 0 Å². The molecule has 2 saturated heterocycles. The maximum absolute atomic E-state index is 14.9. The number of carbonyl (C=O) groups excluding carboxylic acids is 1. The number of amides is 1. The van der Waals surface area contributed by atoms with E-state index in [1.807, 2.05) is 22.8 Å². The van der Waals surface area contributed by atoms with Gasteiger partial charge in [-0.15, -0.1) is 0 Å². The summed E-state index contributed by atoms with van der Waals surface area (Å²) in [5, 5.41) is 3.87. The van der Waals surface area contributed by atoms with Crippen molar-refractivity contribution in [2.75, 3.05) is 31.1 Å². The molecule has 1 unspecified atom stereocenters. The number of anilines is 1. The van der Waals surface area contributed by atoms with Gasteiger partial charge in [0.15, 0.2) is 5.82 Å². The zero-order valence-electron chi connectivity index (χ0n) is 17.1. The molecule has 156 valence electrons. The number of nitrogens with zero attached hydrogens (tertiary/aromatic N) is 4. The summed E-state index contributed by atoms with van der Waals surface area (Å²) in [5.41, 5.74) is 1.12. The molecule has 0 aliphatic carbocycles. The molecule has 0 spiro atoms. The van der Waals surface area contributed by atoms with Crippen LogP contribution in [0.25, 0.3) is 11.5 Å². The second-order valence-electron chi connectivity index (χ2n) is 8.06. The molecule has 4 rings (SSSR count). The quantitative estimate of drug-likeness (QED) is 0.775. The van der Waals surface area contributed by atoms with Crippen LogP contribution in [-0.2, 0) is 11.2 Å². The third-order valence-corrected chi connectivity index (χ3v) is 6.01. The van der Waals surface area contributed by atoms with Crippen molar-refractivity contribution >= 4 is 11.6 Å². The third-order valence-electron chi connectivity index (χ3n) is 6.01. The van der Waals surface area contributed by atoms with Gasteiger partial charge in [-0.2, -0.15) is 4.98 Å². The Balaban J connectivity index is 1.47. The van der Waals surface area contributed by atoms with Crippen molar-refractivity contribution in [3.63, 3.8) is 0 Å². The number of halogens is 1. The Labute approximate surface area is 171 Å². The van der Waals surface area contributed by atoms with Gasteiger partial charge in [0.2, 0.25) is 5.91 Å². The van der Waals surface area contributed by atoms with Gasteiger partial charge in [-0.25, -0.2) is 4.39 Å². The standard InChI is InChI=1S/C22H29FN4O2/c1-2-20-24-21(29-25-20)16-9-10-19(18(23)14-16)27-13-7-8-17(15-27)22(28)26-11-5-3-4-6-12-26/h9-10,14,17H,2-8,11-13,15H2,1H3. The van der Waals surface area contributed by atoms with E-state index in [1.54, 1.807) is 6.07 Å². The Hall–Kier alpha value is -2.44. The number of likely N-dealkylation sites (tertiary alicyclic amines) is 1. The molecule has 3 heterocycles. The van der Waals surface area contributed by atoms with Crippen LogP contribution < -0.4 is 4.90 Å². The zero-order valence-corrected chi connectivity index (χ0v) is 17.1. The average Bonchev–Trinajstić information content (AvgIpc) is 3.07. The van der Waals surface area contributed by atoms with Crippen LogP contribution in [0.2, 0.25) is 0 Å². The van der Waals surface area contributed by atoms with Crippen LogP contribution in [0.4, 0.5) is 10.1 Å². The molecule has 7 heteroatoms. The molecule has 2 aliphatic rings. The SMILES string of the molecule is CCc1noc(-c2ccc(N3CCCC(C(=O)N4CCCCCC4)C3)c(F)c2)n1. The van der Waals surface area contributed by atoms with E-state index in [2.05, 4.69) is 10.1 Å². The highest BCUT2D eigenvalue weighted by molar-refractivity contribution is 5.80. The van der Waals surface area contributed by atoms with Crippen molar-refractivity contribution in [1.82, 2.24) is 15.0 Å². The van der Waals surface area contributed by atoms with Crippen LogP contribution in [0.1, 0.15) is 51.3 Å². The number of rotatable bonds is 4. The monoisotopic (exact) mass is 400 g/mol. The molecule has 1 aromatic heterocycles. The van der Waals surface area contributed by atoms with E-state index in [-0.39, 0.29) is 17.6 Å². The van der Waals surface area contributed by atoms with Crippen LogP contribution in [-0.4, -0.2) is 47.1 Å². The van der Waals surface area contributed by atoms with Gasteiger partial charge in [0.25, 0.3) is 5.89 Å². The lowest BCUT2D eigenvalue weighted by Crippen LogP contribution is -2.45. The van der Waals surface area contributed by atoms with Gasteiger partial charge in [0.05, 0.1) is 11.6 Å². The normalized spacial score (nSPS) is 20.6. The fraction of sp³-hybridized carbons (Fsp3) is 0.591. The van der Waals surface area contributed by atoms with Crippen molar-refractivity contribution in [2.24, 2.45) is 5.92 Å². The summed E-state index contributed by atoms with van der Waals surface area (Å²) in [6.07, 6.45) is 7.05. The lowest BCUT2D eigenvalue weighted by Gasteiger charge is -2.36. The molecule has 0 saturated carbocycles. The van der Waals surface area contributed by atoms with Gasteiger partial charge in [0, 0.05) is 38.2 Å². The summed E-state index contributed by atoms with van der Waals surface area (Å²) in [7, 11) is 0. The Morgan fingerprint density at radius 2 is 1.97 bits per heavy atom. The first-order chi connectivity index (χ1) is 14.2.